The van der Waals surface area contributed by atoms with Crippen LogP contribution in [0.3, 0.4) is 0 Å². The Kier molecular flexibility index (Phi) is 4.43. The van der Waals surface area contributed by atoms with Crippen molar-refractivity contribution in [1.82, 2.24) is 4.98 Å². The normalized spacial score (nSPS) is 11.6. The van der Waals surface area contributed by atoms with Gasteiger partial charge in [0.1, 0.15) is 4.90 Å². The van der Waals surface area contributed by atoms with E-state index >= 15 is 0 Å². The fourth-order valence-corrected chi connectivity index (χ4v) is 3.41. The second-order valence-electron chi connectivity index (χ2n) is 5.52. The minimum absolute atomic E-state index is 0.243. The molecule has 0 bridgehead atoms. The van der Waals surface area contributed by atoms with Crippen LogP contribution in [0, 0.1) is 10.1 Å². The van der Waals surface area contributed by atoms with Crippen LogP contribution in [-0.2, 0) is 16.4 Å². The minimum Gasteiger partial charge on any atom is -0.384 e. The first kappa shape index (κ1) is 16.9. The van der Waals surface area contributed by atoms with E-state index in [4.69, 9.17) is 5.14 Å². The lowest BCUT2D eigenvalue weighted by atomic mass is 10.1. The zero-order valence-corrected chi connectivity index (χ0v) is 13.9. The second kappa shape index (κ2) is 6.54. The van der Waals surface area contributed by atoms with Crippen molar-refractivity contribution in [1.29, 1.82) is 0 Å². The maximum Gasteiger partial charge on any atom is 0.270 e. The van der Waals surface area contributed by atoms with E-state index in [-0.39, 0.29) is 16.3 Å². The van der Waals surface area contributed by atoms with Crippen molar-refractivity contribution in [2.24, 2.45) is 5.14 Å². The van der Waals surface area contributed by atoms with E-state index in [0.717, 1.165) is 22.5 Å². The molecule has 4 N–H and O–H groups in total. The SMILES string of the molecule is NS(=O)(=O)c1cc([N+](=O)[O-])ccc1NCCc1c[nH]c2ccccc12. The third-order valence-electron chi connectivity index (χ3n) is 3.87. The fourth-order valence-electron chi connectivity index (χ4n) is 2.68. The third-order valence-corrected chi connectivity index (χ3v) is 4.82. The quantitative estimate of drug-likeness (QED) is 0.459. The van der Waals surface area contributed by atoms with Gasteiger partial charge >= 0.3 is 0 Å². The first-order chi connectivity index (χ1) is 11.9. The van der Waals surface area contributed by atoms with E-state index in [1.165, 1.54) is 12.1 Å². The molecule has 0 spiro atoms. The zero-order valence-electron chi connectivity index (χ0n) is 13.1. The van der Waals surface area contributed by atoms with Crippen LogP contribution in [0.2, 0.25) is 0 Å². The highest BCUT2D eigenvalue weighted by molar-refractivity contribution is 7.89. The van der Waals surface area contributed by atoms with Crippen LogP contribution < -0.4 is 10.5 Å². The molecule has 0 radical (unpaired) electrons. The number of nitrogens with two attached hydrogens (primary N) is 1. The number of sulfonamides is 1. The van der Waals surface area contributed by atoms with Gasteiger partial charge < -0.3 is 10.3 Å². The molecule has 1 aromatic heterocycles. The van der Waals surface area contributed by atoms with Crippen molar-refractivity contribution >= 4 is 32.3 Å². The number of para-hydroxylation sites is 1. The van der Waals surface area contributed by atoms with E-state index in [1.54, 1.807) is 0 Å². The molecule has 0 amide bonds. The molecule has 8 nitrogen and oxygen atoms in total. The number of non-ortho nitro benzene ring substituents is 1. The molecule has 3 aromatic rings. The number of hydrogen-bond donors (Lipinski definition) is 3. The molecule has 9 heteroatoms. The molecular weight excluding hydrogens is 344 g/mol. The lowest BCUT2D eigenvalue weighted by molar-refractivity contribution is -0.385. The number of nitro benzene ring substituents is 1. The number of rotatable bonds is 6. The van der Waals surface area contributed by atoms with Crippen molar-refractivity contribution in [3.63, 3.8) is 0 Å². The molecule has 0 saturated carbocycles. The number of nitrogens with one attached hydrogen (secondary N) is 2. The zero-order chi connectivity index (χ0) is 18.0. The predicted molar refractivity (Wildman–Crippen MR) is 95.0 cm³/mol. The Morgan fingerprint density at radius 2 is 1.96 bits per heavy atom. The van der Waals surface area contributed by atoms with Gasteiger partial charge in [-0.2, -0.15) is 0 Å². The molecule has 0 unspecified atom stereocenters. The smallest absolute Gasteiger partial charge is 0.270 e. The number of fused-ring (bicyclic) bond motifs is 1. The molecule has 25 heavy (non-hydrogen) atoms. The van der Waals surface area contributed by atoms with E-state index in [9.17, 15) is 18.5 Å². The number of nitro groups is 1. The standard InChI is InChI=1S/C16H16N4O4S/c17-25(23,24)16-9-12(20(21)22)5-6-15(16)18-8-7-11-10-19-14-4-2-1-3-13(11)14/h1-6,9-10,18-19H,7-8H2,(H2,17,23,24). The third kappa shape index (κ3) is 3.62. The van der Waals surface area contributed by atoms with Crippen molar-refractivity contribution in [3.8, 4) is 0 Å². The van der Waals surface area contributed by atoms with Gasteiger partial charge in [-0.3, -0.25) is 10.1 Å². The lowest BCUT2D eigenvalue weighted by Gasteiger charge is -2.10. The fraction of sp³-hybridized carbons (Fsp3) is 0.125. The Bertz CT molecular complexity index is 1040. The lowest BCUT2D eigenvalue weighted by Crippen LogP contribution is -2.16. The number of hydrogen-bond acceptors (Lipinski definition) is 5. The number of primary sulfonamides is 1. The van der Waals surface area contributed by atoms with Crippen LogP contribution in [0.4, 0.5) is 11.4 Å². The van der Waals surface area contributed by atoms with Crippen LogP contribution in [0.5, 0.6) is 0 Å². The molecule has 0 aliphatic carbocycles. The highest BCUT2D eigenvalue weighted by Gasteiger charge is 2.18. The number of nitrogens with zero attached hydrogens (tertiary/aromatic N) is 1. The minimum atomic E-state index is -4.08. The van der Waals surface area contributed by atoms with E-state index < -0.39 is 14.9 Å². The van der Waals surface area contributed by atoms with Gasteiger partial charge in [0.15, 0.2) is 0 Å². The Hall–Kier alpha value is -2.91. The van der Waals surface area contributed by atoms with Crippen molar-refractivity contribution in [2.45, 2.75) is 11.3 Å². The van der Waals surface area contributed by atoms with Gasteiger partial charge in [-0.25, -0.2) is 13.6 Å². The molecule has 3 rings (SSSR count). The highest BCUT2D eigenvalue weighted by Crippen LogP contribution is 2.26. The molecule has 2 aromatic carbocycles. The molecule has 0 aliphatic rings. The Balaban J connectivity index is 1.80. The molecule has 130 valence electrons. The summed E-state index contributed by atoms with van der Waals surface area (Å²) in [5.41, 5.74) is 2.03. The summed E-state index contributed by atoms with van der Waals surface area (Å²) in [6, 6.07) is 11.4. The van der Waals surface area contributed by atoms with Crippen LogP contribution in [0.1, 0.15) is 5.56 Å². The van der Waals surface area contributed by atoms with Crippen LogP contribution in [0.15, 0.2) is 53.6 Å². The maximum atomic E-state index is 11.7. The number of aromatic amines is 1. The number of benzene rings is 2. The van der Waals surface area contributed by atoms with E-state index in [2.05, 4.69) is 10.3 Å². The number of aromatic nitrogens is 1. The molecule has 0 saturated heterocycles. The van der Waals surface area contributed by atoms with Gasteiger partial charge in [-0.15, -0.1) is 0 Å². The first-order valence-corrected chi connectivity index (χ1v) is 9.01. The van der Waals surface area contributed by atoms with Gasteiger partial charge in [0.2, 0.25) is 10.0 Å². The summed E-state index contributed by atoms with van der Waals surface area (Å²) in [6.07, 6.45) is 2.55. The second-order valence-corrected chi connectivity index (χ2v) is 7.05. The average Bonchev–Trinajstić information content (AvgIpc) is 2.97. The Morgan fingerprint density at radius 1 is 1.20 bits per heavy atom. The van der Waals surface area contributed by atoms with Crippen molar-refractivity contribution in [2.75, 3.05) is 11.9 Å². The summed E-state index contributed by atoms with van der Waals surface area (Å²) in [5, 5.41) is 20.1. The first-order valence-electron chi connectivity index (χ1n) is 7.46. The maximum absolute atomic E-state index is 11.7. The predicted octanol–water partition coefficient (Wildman–Crippen LogP) is 2.38. The van der Waals surface area contributed by atoms with Crippen molar-refractivity contribution < 1.29 is 13.3 Å². The van der Waals surface area contributed by atoms with Crippen LogP contribution >= 0.6 is 0 Å². The summed E-state index contributed by atoms with van der Waals surface area (Å²) in [7, 11) is -4.08. The van der Waals surface area contributed by atoms with Crippen LogP contribution in [0.25, 0.3) is 10.9 Å². The largest absolute Gasteiger partial charge is 0.384 e. The average molecular weight is 360 g/mol. The van der Waals surface area contributed by atoms with E-state index in [1.807, 2.05) is 30.5 Å². The topological polar surface area (TPSA) is 131 Å². The van der Waals surface area contributed by atoms with Gasteiger partial charge in [0.05, 0.1) is 10.6 Å². The number of H-pyrrole nitrogens is 1. The monoisotopic (exact) mass is 360 g/mol. The van der Waals surface area contributed by atoms with Gasteiger partial charge in [0, 0.05) is 35.8 Å². The van der Waals surface area contributed by atoms with Crippen molar-refractivity contribution in [3.05, 3.63) is 64.3 Å². The highest BCUT2D eigenvalue weighted by atomic mass is 32.2. The molecule has 1 heterocycles. The summed E-state index contributed by atoms with van der Waals surface area (Å²) < 4.78 is 23.4. The van der Waals surface area contributed by atoms with Gasteiger partial charge in [0.25, 0.3) is 5.69 Å². The molecular formula is C16H16N4O4S. The van der Waals surface area contributed by atoms with Gasteiger partial charge in [-0.1, -0.05) is 18.2 Å². The van der Waals surface area contributed by atoms with Gasteiger partial charge in [-0.05, 0) is 24.1 Å². The molecule has 0 atom stereocenters. The van der Waals surface area contributed by atoms with E-state index in [0.29, 0.717) is 13.0 Å². The summed E-state index contributed by atoms with van der Waals surface area (Å²) >= 11 is 0. The molecule has 0 fully saturated rings. The van der Waals surface area contributed by atoms with Crippen LogP contribution in [-0.4, -0.2) is 24.9 Å². The summed E-state index contributed by atoms with van der Waals surface area (Å²) in [4.78, 5) is 13.1. The number of anilines is 1. The molecule has 0 aliphatic heterocycles. The summed E-state index contributed by atoms with van der Waals surface area (Å²) in [5.74, 6) is 0. The summed E-state index contributed by atoms with van der Waals surface area (Å²) in [6.45, 7) is 0.447. The Morgan fingerprint density at radius 3 is 2.68 bits per heavy atom. The Labute approximate surface area is 143 Å².